The molecule has 2 N–H and O–H groups in total. The van der Waals surface area contributed by atoms with Crippen LogP contribution in [0.2, 0.25) is 0 Å². The van der Waals surface area contributed by atoms with Crippen LogP contribution in [0.5, 0.6) is 0 Å². The Labute approximate surface area is 158 Å². The minimum absolute atomic E-state index is 0.112. The molecule has 27 heavy (non-hydrogen) atoms. The number of carboxylic acids is 1. The highest BCUT2D eigenvalue weighted by atomic mass is 16.5. The van der Waals surface area contributed by atoms with Crippen LogP contribution in [0.3, 0.4) is 0 Å². The molecule has 0 spiro atoms. The lowest BCUT2D eigenvalue weighted by molar-refractivity contribution is -0.137. The summed E-state index contributed by atoms with van der Waals surface area (Å²) in [5, 5.41) is 16.5. The van der Waals surface area contributed by atoms with Gasteiger partial charge in [0.2, 0.25) is 5.89 Å². The molecular weight excluding hydrogens is 344 g/mol. The SMILES string of the molecule is CC[C@]1(c2nc(CCCc3ccc4c(n3)NCCC4)no2)C[C@@H]1CC(=O)O. The first-order valence-corrected chi connectivity index (χ1v) is 9.88. The van der Waals surface area contributed by atoms with Crippen molar-refractivity contribution >= 4 is 11.8 Å². The van der Waals surface area contributed by atoms with Gasteiger partial charge in [0, 0.05) is 25.1 Å². The summed E-state index contributed by atoms with van der Waals surface area (Å²) in [7, 11) is 0. The van der Waals surface area contributed by atoms with Crippen molar-refractivity contribution in [1.29, 1.82) is 0 Å². The molecule has 0 bridgehead atoms. The average Bonchev–Trinajstić information content (AvgIpc) is 3.15. The molecule has 0 aromatic carbocycles. The summed E-state index contributed by atoms with van der Waals surface area (Å²) in [4.78, 5) is 20.3. The Morgan fingerprint density at radius 1 is 1.37 bits per heavy atom. The van der Waals surface area contributed by atoms with Gasteiger partial charge in [-0.3, -0.25) is 4.79 Å². The number of hydrogen-bond acceptors (Lipinski definition) is 6. The van der Waals surface area contributed by atoms with Crippen molar-refractivity contribution in [2.75, 3.05) is 11.9 Å². The number of hydrogen-bond donors (Lipinski definition) is 2. The zero-order chi connectivity index (χ0) is 18.9. The normalized spacial score (nSPS) is 23.5. The summed E-state index contributed by atoms with van der Waals surface area (Å²) < 4.78 is 5.49. The predicted molar refractivity (Wildman–Crippen MR) is 99.7 cm³/mol. The second kappa shape index (κ2) is 7.29. The van der Waals surface area contributed by atoms with Crippen molar-refractivity contribution < 1.29 is 14.4 Å². The number of carbonyl (C=O) groups is 1. The van der Waals surface area contributed by atoms with Crippen LogP contribution in [-0.2, 0) is 29.5 Å². The van der Waals surface area contributed by atoms with Gasteiger partial charge in [0.25, 0.3) is 0 Å². The van der Waals surface area contributed by atoms with E-state index in [0.29, 0.717) is 11.7 Å². The Morgan fingerprint density at radius 2 is 2.26 bits per heavy atom. The first-order valence-electron chi connectivity index (χ1n) is 9.88. The molecule has 144 valence electrons. The topological polar surface area (TPSA) is 101 Å². The number of aromatic nitrogens is 3. The largest absolute Gasteiger partial charge is 0.481 e. The number of nitrogens with one attached hydrogen (secondary N) is 1. The molecule has 0 unspecified atom stereocenters. The van der Waals surface area contributed by atoms with Gasteiger partial charge < -0.3 is 14.9 Å². The Balaban J connectivity index is 1.33. The molecule has 2 atom stereocenters. The zero-order valence-corrected chi connectivity index (χ0v) is 15.7. The number of carboxylic acid groups (broad SMARTS) is 1. The van der Waals surface area contributed by atoms with Gasteiger partial charge in [0.1, 0.15) is 5.82 Å². The van der Waals surface area contributed by atoms with Crippen molar-refractivity contribution in [3.05, 3.63) is 35.1 Å². The number of rotatable bonds is 8. The van der Waals surface area contributed by atoms with Crippen LogP contribution in [0.25, 0.3) is 0 Å². The Bertz CT molecular complexity index is 834. The van der Waals surface area contributed by atoms with Gasteiger partial charge in [-0.15, -0.1) is 0 Å². The molecule has 1 fully saturated rings. The molecule has 0 radical (unpaired) electrons. The number of pyridine rings is 1. The van der Waals surface area contributed by atoms with E-state index in [0.717, 1.165) is 56.6 Å². The third kappa shape index (κ3) is 3.68. The quantitative estimate of drug-likeness (QED) is 0.736. The van der Waals surface area contributed by atoms with Crippen LogP contribution in [0.4, 0.5) is 5.82 Å². The van der Waals surface area contributed by atoms with E-state index < -0.39 is 5.97 Å². The summed E-state index contributed by atoms with van der Waals surface area (Å²) in [6.45, 7) is 3.05. The molecule has 7 heteroatoms. The highest BCUT2D eigenvalue weighted by molar-refractivity contribution is 5.68. The Kier molecular flexibility index (Phi) is 4.85. The van der Waals surface area contributed by atoms with Gasteiger partial charge in [-0.05, 0) is 56.1 Å². The molecule has 0 amide bonds. The van der Waals surface area contributed by atoms with Gasteiger partial charge in [-0.1, -0.05) is 18.1 Å². The van der Waals surface area contributed by atoms with Crippen LogP contribution in [0, 0.1) is 5.92 Å². The summed E-state index contributed by atoms with van der Waals surface area (Å²) >= 11 is 0. The van der Waals surface area contributed by atoms with E-state index in [1.807, 2.05) is 0 Å². The summed E-state index contributed by atoms with van der Waals surface area (Å²) in [5.41, 5.74) is 2.16. The summed E-state index contributed by atoms with van der Waals surface area (Å²) in [6, 6.07) is 4.29. The summed E-state index contributed by atoms with van der Waals surface area (Å²) in [5.74, 6) is 1.70. The minimum atomic E-state index is -0.762. The fourth-order valence-corrected chi connectivity index (χ4v) is 4.20. The van der Waals surface area contributed by atoms with E-state index in [-0.39, 0.29) is 17.8 Å². The smallest absolute Gasteiger partial charge is 0.303 e. The third-order valence-electron chi connectivity index (χ3n) is 5.96. The Hall–Kier alpha value is -2.44. The molecule has 1 aliphatic carbocycles. The van der Waals surface area contributed by atoms with Gasteiger partial charge >= 0.3 is 5.97 Å². The highest BCUT2D eigenvalue weighted by Crippen LogP contribution is 2.57. The lowest BCUT2D eigenvalue weighted by Crippen LogP contribution is -2.14. The van der Waals surface area contributed by atoms with Gasteiger partial charge in [-0.25, -0.2) is 4.98 Å². The fraction of sp³-hybridized carbons (Fsp3) is 0.600. The molecule has 1 aliphatic heterocycles. The van der Waals surface area contributed by atoms with Crippen LogP contribution in [0.1, 0.15) is 62.0 Å². The second-order valence-corrected chi connectivity index (χ2v) is 7.72. The number of aliphatic carboxylic acids is 1. The molecule has 0 saturated heterocycles. The van der Waals surface area contributed by atoms with Crippen LogP contribution in [0.15, 0.2) is 16.7 Å². The van der Waals surface area contributed by atoms with Crippen molar-refractivity contribution in [2.24, 2.45) is 5.92 Å². The van der Waals surface area contributed by atoms with E-state index in [1.165, 1.54) is 12.0 Å². The van der Waals surface area contributed by atoms with E-state index in [2.05, 4.69) is 34.5 Å². The lowest BCUT2D eigenvalue weighted by Gasteiger charge is -2.17. The maximum Gasteiger partial charge on any atom is 0.303 e. The number of anilines is 1. The second-order valence-electron chi connectivity index (χ2n) is 7.72. The third-order valence-corrected chi connectivity index (χ3v) is 5.96. The predicted octanol–water partition coefficient (Wildman–Crippen LogP) is 3.14. The molecule has 2 aliphatic rings. The van der Waals surface area contributed by atoms with Crippen molar-refractivity contribution in [3.63, 3.8) is 0 Å². The van der Waals surface area contributed by atoms with Crippen molar-refractivity contribution in [1.82, 2.24) is 15.1 Å². The molecule has 3 heterocycles. The lowest BCUT2D eigenvalue weighted by atomic mass is 9.99. The standard InChI is InChI=1S/C20H26N4O3/c1-2-20(12-14(20)11-17(25)26)19-23-16(24-27-19)7-3-6-15-9-8-13-5-4-10-21-18(13)22-15/h8-9,14H,2-7,10-12H2,1H3,(H,21,22)(H,25,26)/t14-,20-/m0/s1. The maximum atomic E-state index is 11.0. The van der Waals surface area contributed by atoms with E-state index in [4.69, 9.17) is 14.6 Å². The molecule has 2 aromatic heterocycles. The van der Waals surface area contributed by atoms with Crippen molar-refractivity contribution in [3.8, 4) is 0 Å². The van der Waals surface area contributed by atoms with Crippen LogP contribution in [-0.4, -0.2) is 32.7 Å². The molecule has 2 aromatic rings. The summed E-state index contributed by atoms with van der Waals surface area (Å²) in [6.07, 6.45) is 6.61. The number of aryl methyl sites for hydroxylation is 3. The first kappa shape index (κ1) is 17.9. The number of fused-ring (bicyclic) bond motifs is 1. The van der Waals surface area contributed by atoms with E-state index >= 15 is 0 Å². The molecular formula is C20H26N4O3. The van der Waals surface area contributed by atoms with E-state index in [1.54, 1.807) is 0 Å². The van der Waals surface area contributed by atoms with Crippen molar-refractivity contribution in [2.45, 2.75) is 63.7 Å². The van der Waals surface area contributed by atoms with Gasteiger partial charge in [0.15, 0.2) is 5.82 Å². The maximum absolute atomic E-state index is 11.0. The molecule has 1 saturated carbocycles. The van der Waals surface area contributed by atoms with Gasteiger partial charge in [0.05, 0.1) is 5.41 Å². The molecule has 7 nitrogen and oxygen atoms in total. The highest BCUT2D eigenvalue weighted by Gasteiger charge is 2.58. The zero-order valence-electron chi connectivity index (χ0n) is 15.7. The first-order chi connectivity index (χ1) is 13.1. The number of nitrogens with zero attached hydrogens (tertiary/aromatic N) is 3. The molecule has 4 rings (SSSR count). The van der Waals surface area contributed by atoms with Crippen LogP contribution < -0.4 is 5.32 Å². The minimum Gasteiger partial charge on any atom is -0.481 e. The van der Waals surface area contributed by atoms with Crippen LogP contribution >= 0.6 is 0 Å². The average molecular weight is 370 g/mol. The van der Waals surface area contributed by atoms with Gasteiger partial charge in [-0.2, -0.15) is 4.98 Å². The fourth-order valence-electron chi connectivity index (χ4n) is 4.20. The monoisotopic (exact) mass is 370 g/mol. The Morgan fingerprint density at radius 3 is 3.07 bits per heavy atom. The van der Waals surface area contributed by atoms with E-state index in [9.17, 15) is 4.79 Å².